The van der Waals surface area contributed by atoms with Crippen molar-refractivity contribution < 1.29 is 43.5 Å². The zero-order valence-electron chi connectivity index (χ0n) is 28.4. The Kier molecular flexibility index (Phi) is 7.97. The molecule has 1 heterocycles. The highest BCUT2D eigenvalue weighted by Crippen LogP contribution is 2.81. The van der Waals surface area contributed by atoms with Crippen LogP contribution in [-0.2, 0) is 28.5 Å². The standard InChI is InChI=1S/C36H50N2O9/c1-7-38-17-33(18-47-31(41)21-10-8-9-11-25(21)37-20(3)40)13-12-27(45-5)35-24-15-22-23(14-19(2)39)28(24)34(42,16-26(22)44-4)36(43,32(35)38)30(46-6)29(33)35/h8-11,22-24,26-30,32,42-43H,7,12-18H2,1-6H3,(H,37,40)/t22-,23-,24+,26-,27-,28-,29+,30-,32-,33-,34+,35-,36+/m0/s1. The van der Waals surface area contributed by atoms with Gasteiger partial charge in [0, 0.05) is 64.4 Å². The summed E-state index contributed by atoms with van der Waals surface area (Å²) in [4.78, 5) is 40.7. The predicted molar refractivity (Wildman–Crippen MR) is 170 cm³/mol. The van der Waals surface area contributed by atoms with Gasteiger partial charge in [-0.15, -0.1) is 0 Å². The summed E-state index contributed by atoms with van der Waals surface area (Å²) < 4.78 is 25.1. The van der Waals surface area contributed by atoms with Crippen LogP contribution in [0.1, 0.15) is 63.2 Å². The highest BCUT2D eigenvalue weighted by molar-refractivity contribution is 6.00. The SMILES string of the molecule is CCN1C[C@]2(COC(=O)c3ccccc3NC(C)=O)CC[C@H](OC)[C@@]34[C@@H]5C[C@H]6[C@H](CC(C)=O)[C@@H]5[C@](O)(C[C@@H]6OC)[C@@](O)([C@@H](OC)[C@H]23)[C@@H]14. The highest BCUT2D eigenvalue weighted by atomic mass is 16.5. The molecule has 13 atom stereocenters. The maximum Gasteiger partial charge on any atom is 0.340 e. The maximum atomic E-state index is 13.7. The fourth-order valence-corrected chi connectivity index (χ4v) is 12.8. The van der Waals surface area contributed by atoms with E-state index in [1.807, 2.05) is 0 Å². The smallest absolute Gasteiger partial charge is 0.340 e. The predicted octanol–water partition coefficient (Wildman–Crippen LogP) is 2.67. The number of anilines is 1. The second-order valence-electron chi connectivity index (χ2n) is 15.4. The summed E-state index contributed by atoms with van der Waals surface area (Å²) in [5, 5.41) is 29.4. The summed E-state index contributed by atoms with van der Waals surface area (Å²) in [6.07, 6.45) is 1.37. The zero-order valence-corrected chi connectivity index (χ0v) is 28.4. The Balaban J connectivity index is 1.37. The number of Topliss-reactive ketones (excluding diaryl/α,β-unsaturated/α-hetero) is 1. The molecule has 47 heavy (non-hydrogen) atoms. The molecular weight excluding hydrogens is 604 g/mol. The van der Waals surface area contributed by atoms with Crippen LogP contribution in [-0.4, -0.2) is 109 Å². The largest absolute Gasteiger partial charge is 0.461 e. The normalized spacial score (nSPS) is 45.8. The van der Waals surface area contributed by atoms with E-state index in [0.717, 1.165) is 6.42 Å². The first-order valence-corrected chi connectivity index (χ1v) is 17.2. The van der Waals surface area contributed by atoms with E-state index in [2.05, 4.69) is 17.1 Å². The number of esters is 1. The Morgan fingerprint density at radius 1 is 1.06 bits per heavy atom. The van der Waals surface area contributed by atoms with Crippen LogP contribution in [0.15, 0.2) is 24.3 Å². The number of ketones is 1. The van der Waals surface area contributed by atoms with Crippen LogP contribution in [0.2, 0.25) is 0 Å². The third-order valence-electron chi connectivity index (χ3n) is 13.7. The van der Waals surface area contributed by atoms with E-state index >= 15 is 0 Å². The molecule has 1 aliphatic heterocycles. The van der Waals surface area contributed by atoms with E-state index in [9.17, 15) is 24.6 Å². The van der Waals surface area contributed by atoms with Gasteiger partial charge in [0.25, 0.3) is 0 Å². The molecule has 6 aliphatic rings. The molecule has 258 valence electrons. The Labute approximate surface area is 276 Å². The van der Waals surface area contributed by atoms with E-state index < -0.39 is 40.1 Å². The number of hydrogen-bond acceptors (Lipinski definition) is 10. The second kappa shape index (κ2) is 11.3. The summed E-state index contributed by atoms with van der Waals surface area (Å²) in [5.41, 5.74) is -3.87. The number of para-hydroxylation sites is 1. The molecule has 3 N–H and O–H groups in total. The van der Waals surface area contributed by atoms with E-state index in [1.54, 1.807) is 52.5 Å². The summed E-state index contributed by atoms with van der Waals surface area (Å²) >= 11 is 0. The van der Waals surface area contributed by atoms with Crippen LogP contribution in [0.5, 0.6) is 0 Å². The second-order valence-corrected chi connectivity index (χ2v) is 15.4. The van der Waals surface area contributed by atoms with Gasteiger partial charge in [-0.25, -0.2) is 4.79 Å². The lowest BCUT2D eigenvalue weighted by Gasteiger charge is -2.70. The summed E-state index contributed by atoms with van der Waals surface area (Å²) in [6, 6.07) is 6.34. The monoisotopic (exact) mass is 654 g/mol. The van der Waals surface area contributed by atoms with E-state index in [1.165, 1.54) is 6.92 Å². The fraction of sp³-hybridized carbons (Fsp3) is 0.750. The van der Waals surface area contributed by atoms with Gasteiger partial charge in [-0.05, 0) is 68.5 Å². The van der Waals surface area contributed by atoms with Gasteiger partial charge in [-0.2, -0.15) is 0 Å². The molecule has 7 bridgehead atoms. The molecule has 1 spiro atoms. The number of carbonyl (C=O) groups is 3. The molecule has 5 aliphatic carbocycles. The molecule has 1 aromatic carbocycles. The van der Waals surface area contributed by atoms with Gasteiger partial charge in [-0.3, -0.25) is 9.69 Å². The number of hydrogen-bond donors (Lipinski definition) is 3. The topological polar surface area (TPSA) is 144 Å². The maximum absolute atomic E-state index is 13.7. The number of fused-ring (bicyclic) bond motifs is 2. The molecule has 0 unspecified atom stereocenters. The van der Waals surface area contributed by atoms with Gasteiger partial charge in [0.1, 0.15) is 17.0 Å². The molecular formula is C36H50N2O9. The molecule has 1 aromatic rings. The number of likely N-dealkylation sites (tertiary alicyclic amines) is 1. The molecule has 6 fully saturated rings. The third-order valence-corrected chi connectivity index (χ3v) is 13.7. The number of rotatable bonds is 10. The van der Waals surface area contributed by atoms with Crippen LogP contribution in [0, 0.1) is 40.4 Å². The van der Waals surface area contributed by atoms with Gasteiger partial charge in [-0.1, -0.05) is 19.1 Å². The minimum atomic E-state index is -1.70. The van der Waals surface area contributed by atoms with Crippen molar-refractivity contribution in [2.24, 2.45) is 40.4 Å². The number of likely N-dealkylation sites (N-methyl/N-ethyl adjacent to an activating group) is 1. The van der Waals surface area contributed by atoms with Gasteiger partial charge >= 0.3 is 5.97 Å². The Morgan fingerprint density at radius 3 is 2.45 bits per heavy atom. The highest BCUT2D eigenvalue weighted by Gasteiger charge is 2.91. The molecule has 1 saturated heterocycles. The molecule has 11 heteroatoms. The molecule has 11 nitrogen and oxygen atoms in total. The first-order chi connectivity index (χ1) is 22.4. The number of aliphatic hydroxyl groups is 2. The molecule has 7 rings (SSSR count). The Morgan fingerprint density at radius 2 is 1.81 bits per heavy atom. The van der Waals surface area contributed by atoms with Crippen molar-refractivity contribution in [3.63, 3.8) is 0 Å². The lowest BCUT2D eigenvalue weighted by molar-refractivity contribution is -0.314. The number of nitrogens with zero attached hydrogens (tertiary/aromatic N) is 1. The van der Waals surface area contributed by atoms with Crippen LogP contribution in [0.25, 0.3) is 0 Å². The Bertz CT molecular complexity index is 1450. The van der Waals surface area contributed by atoms with Crippen LogP contribution in [0.3, 0.4) is 0 Å². The van der Waals surface area contributed by atoms with Crippen molar-refractivity contribution in [3.05, 3.63) is 29.8 Å². The van der Waals surface area contributed by atoms with Crippen molar-refractivity contribution in [2.45, 2.75) is 88.4 Å². The first-order valence-electron chi connectivity index (χ1n) is 17.2. The zero-order chi connectivity index (χ0) is 33.7. The van der Waals surface area contributed by atoms with E-state index in [0.29, 0.717) is 38.0 Å². The van der Waals surface area contributed by atoms with E-state index in [4.69, 9.17) is 18.9 Å². The minimum Gasteiger partial charge on any atom is -0.461 e. The van der Waals surface area contributed by atoms with Crippen LogP contribution in [0.4, 0.5) is 5.69 Å². The first kappa shape index (κ1) is 33.1. The van der Waals surface area contributed by atoms with Gasteiger partial charge in [0.15, 0.2) is 0 Å². The summed E-state index contributed by atoms with van der Waals surface area (Å²) in [6.45, 7) is 6.32. The van der Waals surface area contributed by atoms with Crippen molar-refractivity contribution in [2.75, 3.05) is 46.3 Å². The van der Waals surface area contributed by atoms with Crippen molar-refractivity contribution in [3.8, 4) is 0 Å². The van der Waals surface area contributed by atoms with Gasteiger partial charge < -0.3 is 39.3 Å². The average Bonchev–Trinajstić information content (AvgIpc) is 3.42. The average molecular weight is 655 g/mol. The lowest BCUT2D eigenvalue weighted by atomic mass is 9.42. The van der Waals surface area contributed by atoms with Gasteiger partial charge in [0.05, 0.1) is 42.2 Å². The summed E-state index contributed by atoms with van der Waals surface area (Å²) in [7, 11) is 5.01. The third kappa shape index (κ3) is 4.10. The van der Waals surface area contributed by atoms with Crippen molar-refractivity contribution in [1.29, 1.82) is 0 Å². The molecule has 0 radical (unpaired) electrons. The van der Waals surface area contributed by atoms with Crippen LogP contribution < -0.4 is 5.32 Å². The van der Waals surface area contributed by atoms with Crippen molar-refractivity contribution >= 4 is 23.3 Å². The van der Waals surface area contributed by atoms with Crippen molar-refractivity contribution in [1.82, 2.24) is 4.90 Å². The van der Waals surface area contributed by atoms with E-state index in [-0.39, 0.29) is 72.1 Å². The molecule has 1 amide bonds. The Hall–Kier alpha value is -2.41. The lowest BCUT2D eigenvalue weighted by Crippen LogP contribution is -2.81. The number of amides is 1. The quantitative estimate of drug-likeness (QED) is 0.322. The number of methoxy groups -OCH3 is 3. The fourth-order valence-electron chi connectivity index (χ4n) is 12.8. The molecule has 0 aromatic heterocycles. The number of carbonyl (C=O) groups excluding carboxylic acids is 3. The number of piperidine rings is 1. The van der Waals surface area contributed by atoms with Crippen LogP contribution >= 0.6 is 0 Å². The molecule has 5 saturated carbocycles. The number of nitrogens with one attached hydrogen (secondary N) is 1. The minimum absolute atomic E-state index is 0.0604. The number of ether oxygens (including phenoxy) is 4. The number of benzene rings is 1. The van der Waals surface area contributed by atoms with Gasteiger partial charge in [0.2, 0.25) is 5.91 Å². The summed E-state index contributed by atoms with van der Waals surface area (Å²) in [5.74, 6) is -1.56.